The summed E-state index contributed by atoms with van der Waals surface area (Å²) in [6.07, 6.45) is -0.678. The van der Waals surface area contributed by atoms with Gasteiger partial charge in [-0.05, 0) is 33.5 Å². The van der Waals surface area contributed by atoms with Crippen LogP contribution in [0.4, 0.5) is 4.39 Å². The van der Waals surface area contributed by atoms with Crippen molar-refractivity contribution in [2.75, 3.05) is 0 Å². The molecule has 0 radical (unpaired) electrons. The van der Waals surface area contributed by atoms with E-state index in [0.717, 1.165) is 0 Å². The largest absolute Gasteiger partial charge is 0.391 e. The molecule has 0 spiro atoms. The molecule has 84 valence electrons. The van der Waals surface area contributed by atoms with Crippen molar-refractivity contribution in [1.29, 1.82) is 0 Å². The minimum Gasteiger partial charge on any atom is -0.391 e. The van der Waals surface area contributed by atoms with Gasteiger partial charge in [0.15, 0.2) is 0 Å². The number of aliphatic hydroxyl groups excluding tert-OH is 1. The van der Waals surface area contributed by atoms with E-state index in [0.29, 0.717) is 10.0 Å². The maximum atomic E-state index is 13.2. The molecule has 2 atom stereocenters. The number of nitrogens with two attached hydrogens (primary N) is 1. The third-order valence-corrected chi connectivity index (χ3v) is 3.23. The van der Waals surface area contributed by atoms with Gasteiger partial charge in [-0.25, -0.2) is 4.39 Å². The molecular weight excluding hydrogens is 261 g/mol. The van der Waals surface area contributed by atoms with E-state index in [1.165, 1.54) is 6.07 Å². The highest BCUT2D eigenvalue weighted by Gasteiger charge is 2.22. The lowest BCUT2D eigenvalue weighted by molar-refractivity contribution is 0.0976. The fourth-order valence-corrected chi connectivity index (χ4v) is 1.91. The summed E-state index contributed by atoms with van der Waals surface area (Å²) in [6.45, 7) is 3.75. The Morgan fingerprint density at radius 2 is 2.00 bits per heavy atom. The van der Waals surface area contributed by atoms with Crippen LogP contribution >= 0.6 is 15.9 Å². The molecular formula is C11H15BrFNO. The first kappa shape index (κ1) is 12.6. The Kier molecular flexibility index (Phi) is 4.25. The first-order valence-corrected chi connectivity index (χ1v) is 5.62. The van der Waals surface area contributed by atoms with Crippen LogP contribution in [0, 0.1) is 11.7 Å². The fourth-order valence-electron chi connectivity index (χ4n) is 1.38. The number of hydrogen-bond donors (Lipinski definition) is 2. The monoisotopic (exact) mass is 275 g/mol. The van der Waals surface area contributed by atoms with E-state index in [2.05, 4.69) is 15.9 Å². The third-order valence-electron chi connectivity index (χ3n) is 2.39. The van der Waals surface area contributed by atoms with Gasteiger partial charge in [0, 0.05) is 0 Å². The Balaban J connectivity index is 3.01. The zero-order valence-corrected chi connectivity index (χ0v) is 10.3. The van der Waals surface area contributed by atoms with Crippen molar-refractivity contribution in [1.82, 2.24) is 0 Å². The SMILES string of the molecule is CC(C)[C@@H](O)[C@@H](N)c1cccc(F)c1Br. The molecule has 1 aromatic carbocycles. The summed E-state index contributed by atoms with van der Waals surface area (Å²) in [5, 5.41) is 9.80. The number of aliphatic hydroxyl groups is 1. The van der Waals surface area contributed by atoms with Crippen LogP contribution in [-0.4, -0.2) is 11.2 Å². The average molecular weight is 276 g/mol. The summed E-state index contributed by atoms with van der Waals surface area (Å²) in [4.78, 5) is 0. The van der Waals surface area contributed by atoms with Gasteiger partial charge in [0.1, 0.15) is 5.82 Å². The van der Waals surface area contributed by atoms with Crippen LogP contribution in [0.15, 0.2) is 22.7 Å². The van der Waals surface area contributed by atoms with Gasteiger partial charge in [-0.15, -0.1) is 0 Å². The molecule has 0 amide bonds. The van der Waals surface area contributed by atoms with E-state index in [1.807, 2.05) is 13.8 Å². The van der Waals surface area contributed by atoms with Gasteiger partial charge in [-0.2, -0.15) is 0 Å². The van der Waals surface area contributed by atoms with Crippen LogP contribution in [0.25, 0.3) is 0 Å². The lowest BCUT2D eigenvalue weighted by Crippen LogP contribution is -2.30. The molecule has 1 rings (SSSR count). The maximum absolute atomic E-state index is 13.2. The molecule has 0 bridgehead atoms. The predicted octanol–water partition coefficient (Wildman–Crippen LogP) is 2.60. The fraction of sp³-hybridized carbons (Fsp3) is 0.455. The predicted molar refractivity (Wildman–Crippen MR) is 61.9 cm³/mol. The molecule has 0 aromatic heterocycles. The second-order valence-corrected chi connectivity index (χ2v) is 4.70. The minimum atomic E-state index is -0.678. The van der Waals surface area contributed by atoms with Crippen LogP contribution in [0.3, 0.4) is 0 Å². The first-order valence-electron chi connectivity index (χ1n) is 4.82. The summed E-state index contributed by atoms with van der Waals surface area (Å²) in [5.41, 5.74) is 6.46. The number of benzene rings is 1. The van der Waals surface area contributed by atoms with Gasteiger partial charge in [-0.3, -0.25) is 0 Å². The van der Waals surface area contributed by atoms with Crippen LogP contribution in [0.2, 0.25) is 0 Å². The number of rotatable bonds is 3. The molecule has 15 heavy (non-hydrogen) atoms. The molecule has 3 N–H and O–H groups in total. The van der Waals surface area contributed by atoms with Crippen molar-refractivity contribution in [3.05, 3.63) is 34.1 Å². The van der Waals surface area contributed by atoms with E-state index in [9.17, 15) is 9.50 Å². The zero-order valence-electron chi connectivity index (χ0n) is 8.74. The quantitative estimate of drug-likeness (QED) is 0.891. The molecule has 0 aliphatic rings. The molecule has 2 nitrogen and oxygen atoms in total. The highest BCUT2D eigenvalue weighted by Crippen LogP contribution is 2.28. The van der Waals surface area contributed by atoms with Crippen molar-refractivity contribution < 1.29 is 9.50 Å². The van der Waals surface area contributed by atoms with Crippen molar-refractivity contribution in [2.24, 2.45) is 11.7 Å². The molecule has 0 aliphatic carbocycles. The molecule has 0 aliphatic heterocycles. The summed E-state index contributed by atoms with van der Waals surface area (Å²) < 4.78 is 13.6. The Morgan fingerprint density at radius 1 is 1.40 bits per heavy atom. The number of halogens is 2. The van der Waals surface area contributed by atoms with Gasteiger partial charge in [0.2, 0.25) is 0 Å². The lowest BCUT2D eigenvalue weighted by atomic mass is 9.94. The van der Waals surface area contributed by atoms with E-state index in [-0.39, 0.29) is 11.7 Å². The Bertz CT molecular complexity index is 343. The highest BCUT2D eigenvalue weighted by atomic mass is 79.9. The van der Waals surface area contributed by atoms with Crippen molar-refractivity contribution in [3.63, 3.8) is 0 Å². The molecule has 0 saturated heterocycles. The van der Waals surface area contributed by atoms with Gasteiger partial charge in [0.05, 0.1) is 16.6 Å². The molecule has 1 aromatic rings. The Labute approximate surface area is 97.4 Å². The third kappa shape index (κ3) is 2.77. The summed E-state index contributed by atoms with van der Waals surface area (Å²) in [5.74, 6) is -0.325. The standard InChI is InChI=1S/C11H15BrFNO/c1-6(2)11(15)10(14)7-4-3-5-8(13)9(7)12/h3-6,10-11,15H,14H2,1-2H3/t10-,11+/m0/s1. The second-order valence-electron chi connectivity index (χ2n) is 3.90. The van der Waals surface area contributed by atoms with E-state index >= 15 is 0 Å². The average Bonchev–Trinajstić information content (AvgIpc) is 2.20. The Morgan fingerprint density at radius 3 is 2.53 bits per heavy atom. The second kappa shape index (κ2) is 5.05. The van der Waals surface area contributed by atoms with Gasteiger partial charge >= 0.3 is 0 Å². The van der Waals surface area contributed by atoms with Gasteiger partial charge < -0.3 is 10.8 Å². The smallest absolute Gasteiger partial charge is 0.137 e. The molecule has 0 saturated carbocycles. The van der Waals surface area contributed by atoms with E-state index < -0.39 is 12.1 Å². The maximum Gasteiger partial charge on any atom is 0.137 e. The molecule has 0 unspecified atom stereocenters. The van der Waals surface area contributed by atoms with Crippen LogP contribution in [0.1, 0.15) is 25.5 Å². The van der Waals surface area contributed by atoms with Gasteiger partial charge in [0.25, 0.3) is 0 Å². The minimum absolute atomic E-state index is 0.0372. The summed E-state index contributed by atoms with van der Waals surface area (Å²) in [7, 11) is 0. The molecule has 0 heterocycles. The topological polar surface area (TPSA) is 46.2 Å². The lowest BCUT2D eigenvalue weighted by Gasteiger charge is -2.23. The summed E-state index contributed by atoms with van der Waals surface area (Å²) >= 11 is 3.13. The normalized spacial score (nSPS) is 15.4. The molecule has 4 heteroatoms. The first-order chi connectivity index (χ1) is 6.95. The van der Waals surface area contributed by atoms with Crippen molar-refractivity contribution in [2.45, 2.75) is 26.0 Å². The Hall–Kier alpha value is -0.450. The zero-order chi connectivity index (χ0) is 11.6. The van der Waals surface area contributed by atoms with Crippen molar-refractivity contribution >= 4 is 15.9 Å². The summed E-state index contributed by atoms with van der Waals surface area (Å²) in [6, 6.07) is 4.07. The van der Waals surface area contributed by atoms with E-state index in [1.54, 1.807) is 12.1 Å². The van der Waals surface area contributed by atoms with E-state index in [4.69, 9.17) is 5.73 Å². The highest BCUT2D eigenvalue weighted by molar-refractivity contribution is 9.10. The van der Waals surface area contributed by atoms with Crippen molar-refractivity contribution in [3.8, 4) is 0 Å². The van der Waals surface area contributed by atoms with Gasteiger partial charge in [-0.1, -0.05) is 26.0 Å². The van der Waals surface area contributed by atoms with Crippen LogP contribution in [0.5, 0.6) is 0 Å². The number of hydrogen-bond acceptors (Lipinski definition) is 2. The van der Waals surface area contributed by atoms with Crippen LogP contribution < -0.4 is 5.73 Å². The van der Waals surface area contributed by atoms with Crippen LogP contribution in [-0.2, 0) is 0 Å². The molecule has 0 fully saturated rings.